The number of hydrogen-bond donors (Lipinski definition) is 2. The van der Waals surface area contributed by atoms with Crippen molar-refractivity contribution in [3.05, 3.63) is 29.3 Å². The smallest absolute Gasteiger partial charge is 0.221 e. The maximum atomic E-state index is 11.2. The van der Waals surface area contributed by atoms with Gasteiger partial charge in [-0.25, -0.2) is 0 Å². The Bertz CT molecular complexity index is 480. The van der Waals surface area contributed by atoms with E-state index in [0.29, 0.717) is 5.92 Å². The predicted octanol–water partition coefficient (Wildman–Crippen LogP) is 2.69. The maximum Gasteiger partial charge on any atom is 0.221 e. The highest BCUT2D eigenvalue weighted by molar-refractivity contribution is 5.77. The molecule has 4 nitrogen and oxygen atoms in total. The van der Waals surface area contributed by atoms with Gasteiger partial charge in [0.25, 0.3) is 0 Å². The fraction of sp³-hybridized carbons (Fsp3) is 0.588. The maximum absolute atomic E-state index is 11.2. The van der Waals surface area contributed by atoms with Crippen LogP contribution in [0.3, 0.4) is 0 Å². The zero-order valence-electron chi connectivity index (χ0n) is 12.8. The van der Waals surface area contributed by atoms with Gasteiger partial charge in [0.2, 0.25) is 5.91 Å². The molecule has 2 rings (SSSR count). The van der Waals surface area contributed by atoms with Crippen molar-refractivity contribution in [1.82, 2.24) is 0 Å². The van der Waals surface area contributed by atoms with E-state index in [1.165, 1.54) is 32.1 Å². The van der Waals surface area contributed by atoms with E-state index in [1.807, 2.05) is 25.1 Å². The van der Waals surface area contributed by atoms with Gasteiger partial charge in [-0.2, -0.15) is 0 Å². The highest BCUT2D eigenvalue weighted by Crippen LogP contribution is 2.27. The van der Waals surface area contributed by atoms with Crippen LogP contribution < -0.4 is 16.2 Å². The van der Waals surface area contributed by atoms with Crippen molar-refractivity contribution in [3.63, 3.8) is 0 Å². The van der Waals surface area contributed by atoms with Crippen LogP contribution in [-0.2, 0) is 11.2 Å². The van der Waals surface area contributed by atoms with E-state index in [-0.39, 0.29) is 18.4 Å². The molecule has 116 valence electrons. The highest BCUT2D eigenvalue weighted by atomic mass is 16.5. The number of primary amides is 1. The molecule has 0 bridgehead atoms. The molecular formula is C17H26N2O2. The summed E-state index contributed by atoms with van der Waals surface area (Å²) in [6.45, 7) is 2.65. The predicted molar refractivity (Wildman–Crippen MR) is 84.0 cm³/mol. The van der Waals surface area contributed by atoms with Gasteiger partial charge in [-0.1, -0.05) is 31.4 Å². The van der Waals surface area contributed by atoms with Gasteiger partial charge < -0.3 is 16.2 Å². The van der Waals surface area contributed by atoms with Crippen LogP contribution in [0, 0.1) is 5.92 Å². The first-order valence-corrected chi connectivity index (χ1v) is 7.85. The minimum atomic E-state index is -0.348. The van der Waals surface area contributed by atoms with Crippen LogP contribution in [-0.4, -0.2) is 12.5 Å². The molecule has 0 spiro atoms. The first-order chi connectivity index (χ1) is 10.1. The van der Waals surface area contributed by atoms with Crippen LogP contribution in [0.1, 0.15) is 56.2 Å². The topological polar surface area (TPSA) is 78.3 Å². The summed E-state index contributed by atoms with van der Waals surface area (Å²) in [5.41, 5.74) is 13.1. The highest BCUT2D eigenvalue weighted by Gasteiger charge is 2.16. The first kappa shape index (κ1) is 15.8. The molecular weight excluding hydrogens is 264 g/mol. The van der Waals surface area contributed by atoms with Gasteiger partial charge in [0.05, 0.1) is 13.0 Å². The van der Waals surface area contributed by atoms with Crippen molar-refractivity contribution in [1.29, 1.82) is 0 Å². The standard InChI is InChI=1S/C17H26N2O2/c1-12(18)14-7-8-16(15(9-14)10-17(19)20)21-11-13-5-3-2-4-6-13/h7-9,12-13H,2-6,10-11,18H2,1H3,(H2,19,20). The van der Waals surface area contributed by atoms with Gasteiger partial charge in [-0.3, -0.25) is 4.79 Å². The van der Waals surface area contributed by atoms with Gasteiger partial charge in [-0.15, -0.1) is 0 Å². The summed E-state index contributed by atoms with van der Waals surface area (Å²) >= 11 is 0. The number of nitrogens with two attached hydrogens (primary N) is 2. The molecule has 0 saturated heterocycles. The summed E-state index contributed by atoms with van der Waals surface area (Å²) in [4.78, 5) is 11.2. The summed E-state index contributed by atoms with van der Waals surface area (Å²) < 4.78 is 5.96. The second kappa shape index (κ2) is 7.46. The van der Waals surface area contributed by atoms with Crippen molar-refractivity contribution >= 4 is 5.91 Å². The molecule has 1 fully saturated rings. The number of rotatable bonds is 6. The monoisotopic (exact) mass is 290 g/mol. The van der Waals surface area contributed by atoms with Crippen molar-refractivity contribution in [2.45, 2.75) is 51.5 Å². The van der Waals surface area contributed by atoms with Crippen molar-refractivity contribution in [2.24, 2.45) is 17.4 Å². The first-order valence-electron chi connectivity index (χ1n) is 7.85. The van der Waals surface area contributed by atoms with E-state index in [2.05, 4.69) is 0 Å². The molecule has 4 heteroatoms. The summed E-state index contributed by atoms with van der Waals surface area (Å²) in [6, 6.07) is 5.75. The fourth-order valence-corrected chi connectivity index (χ4v) is 2.91. The molecule has 1 aromatic rings. The number of ether oxygens (including phenoxy) is 1. The summed E-state index contributed by atoms with van der Waals surface area (Å²) in [5.74, 6) is 1.05. The lowest BCUT2D eigenvalue weighted by atomic mass is 9.90. The van der Waals surface area contributed by atoms with E-state index < -0.39 is 0 Å². The lowest BCUT2D eigenvalue weighted by Crippen LogP contribution is -2.18. The largest absolute Gasteiger partial charge is 0.493 e. The zero-order chi connectivity index (χ0) is 15.2. The summed E-state index contributed by atoms with van der Waals surface area (Å²) in [6.07, 6.45) is 6.61. The zero-order valence-corrected chi connectivity index (χ0v) is 12.8. The van der Waals surface area contributed by atoms with E-state index in [4.69, 9.17) is 16.2 Å². The number of benzene rings is 1. The number of carbonyl (C=O) groups excluding carboxylic acids is 1. The van der Waals surface area contributed by atoms with Gasteiger partial charge >= 0.3 is 0 Å². The van der Waals surface area contributed by atoms with Gasteiger partial charge in [-0.05, 0) is 37.3 Å². The molecule has 4 N–H and O–H groups in total. The second-order valence-corrected chi connectivity index (χ2v) is 6.11. The SMILES string of the molecule is CC(N)c1ccc(OCC2CCCCC2)c(CC(N)=O)c1. The van der Waals surface area contributed by atoms with Crippen LogP contribution in [0.15, 0.2) is 18.2 Å². The van der Waals surface area contributed by atoms with Crippen molar-refractivity contribution in [3.8, 4) is 5.75 Å². The van der Waals surface area contributed by atoms with Crippen LogP contribution >= 0.6 is 0 Å². The quantitative estimate of drug-likeness (QED) is 0.845. The molecule has 1 amide bonds. The second-order valence-electron chi connectivity index (χ2n) is 6.11. The van der Waals surface area contributed by atoms with Gasteiger partial charge in [0, 0.05) is 11.6 Å². The molecule has 1 unspecified atom stereocenters. The van der Waals surface area contributed by atoms with Crippen LogP contribution in [0.2, 0.25) is 0 Å². The van der Waals surface area contributed by atoms with Crippen LogP contribution in [0.25, 0.3) is 0 Å². The molecule has 1 atom stereocenters. The molecule has 1 aliphatic carbocycles. The molecule has 0 radical (unpaired) electrons. The van der Waals surface area contributed by atoms with Crippen molar-refractivity contribution in [2.75, 3.05) is 6.61 Å². The molecule has 0 aromatic heterocycles. The molecule has 0 aliphatic heterocycles. The van der Waals surface area contributed by atoms with E-state index in [0.717, 1.165) is 23.5 Å². The average molecular weight is 290 g/mol. The minimum Gasteiger partial charge on any atom is -0.493 e. The third-order valence-corrected chi connectivity index (χ3v) is 4.17. The third kappa shape index (κ3) is 4.74. The Morgan fingerprint density at radius 2 is 2.05 bits per heavy atom. The van der Waals surface area contributed by atoms with Crippen LogP contribution in [0.5, 0.6) is 5.75 Å². The van der Waals surface area contributed by atoms with Crippen LogP contribution in [0.4, 0.5) is 0 Å². The summed E-state index contributed by atoms with van der Waals surface area (Å²) in [5, 5.41) is 0. The Labute approximate surface area is 126 Å². The lowest BCUT2D eigenvalue weighted by molar-refractivity contribution is -0.117. The van der Waals surface area contributed by atoms with E-state index in [9.17, 15) is 4.79 Å². The molecule has 0 heterocycles. The Morgan fingerprint density at radius 3 is 2.67 bits per heavy atom. The molecule has 1 saturated carbocycles. The Morgan fingerprint density at radius 1 is 1.33 bits per heavy atom. The number of amides is 1. The van der Waals surface area contributed by atoms with E-state index >= 15 is 0 Å². The average Bonchev–Trinajstić information content (AvgIpc) is 2.46. The molecule has 1 aromatic carbocycles. The van der Waals surface area contributed by atoms with Gasteiger partial charge in [0.1, 0.15) is 5.75 Å². The molecule has 1 aliphatic rings. The minimum absolute atomic E-state index is 0.0657. The Kier molecular flexibility index (Phi) is 5.62. The lowest BCUT2D eigenvalue weighted by Gasteiger charge is -2.22. The number of carbonyl (C=O) groups is 1. The van der Waals surface area contributed by atoms with Crippen molar-refractivity contribution < 1.29 is 9.53 Å². The third-order valence-electron chi connectivity index (χ3n) is 4.17. The Balaban J connectivity index is 2.07. The molecule has 21 heavy (non-hydrogen) atoms. The normalized spacial score (nSPS) is 17.4. The Hall–Kier alpha value is -1.55. The fourth-order valence-electron chi connectivity index (χ4n) is 2.91. The van der Waals surface area contributed by atoms with E-state index in [1.54, 1.807) is 0 Å². The summed E-state index contributed by atoms with van der Waals surface area (Å²) in [7, 11) is 0. The number of hydrogen-bond acceptors (Lipinski definition) is 3. The van der Waals surface area contributed by atoms with Gasteiger partial charge in [0.15, 0.2) is 0 Å².